The molecule has 0 unspecified atom stereocenters. The van der Waals surface area contributed by atoms with Crippen molar-refractivity contribution in [2.24, 2.45) is 23.2 Å². The number of carbonyl (C=O) groups excluding carboxylic acids is 4. The van der Waals surface area contributed by atoms with Crippen LogP contribution in [0, 0.1) is 23.2 Å². The van der Waals surface area contributed by atoms with Gasteiger partial charge in [-0.05, 0) is 63.0 Å². The lowest BCUT2D eigenvalue weighted by Gasteiger charge is -2.33. The van der Waals surface area contributed by atoms with Crippen molar-refractivity contribution >= 4 is 45.2 Å². The number of likely N-dealkylation sites (tertiary alicyclic amines) is 1. The number of piperidine rings is 1. The highest BCUT2D eigenvalue weighted by Crippen LogP contribution is 2.65. The smallest absolute Gasteiger partial charge is 0.410 e. The number of fused-ring (bicyclic) bond motifs is 2. The van der Waals surface area contributed by atoms with Crippen LogP contribution < -0.4 is 10.6 Å². The van der Waals surface area contributed by atoms with Crippen molar-refractivity contribution in [3.8, 4) is 0 Å². The molecule has 0 bridgehead atoms. The van der Waals surface area contributed by atoms with Gasteiger partial charge < -0.3 is 15.4 Å². The quantitative estimate of drug-likeness (QED) is 0.557. The maximum absolute atomic E-state index is 13.8. The summed E-state index contributed by atoms with van der Waals surface area (Å²) in [5, 5.41) is 6.04. The summed E-state index contributed by atoms with van der Waals surface area (Å²) in [7, 11) is 0. The van der Waals surface area contributed by atoms with Gasteiger partial charge >= 0.3 is 6.09 Å². The Morgan fingerprint density at radius 1 is 1.27 bits per heavy atom. The van der Waals surface area contributed by atoms with Crippen LogP contribution in [0.25, 0.3) is 10.2 Å². The van der Waals surface area contributed by atoms with Crippen LogP contribution in [0.4, 0.5) is 4.79 Å². The Kier molecular flexibility index (Phi) is 6.29. The fourth-order valence-electron chi connectivity index (χ4n) is 5.86. The minimum Gasteiger partial charge on any atom is -0.444 e. The van der Waals surface area contributed by atoms with Crippen LogP contribution in [-0.2, 0) is 14.3 Å². The molecule has 5 rings (SSSR count). The van der Waals surface area contributed by atoms with Crippen LogP contribution in [0.3, 0.4) is 0 Å². The molecule has 3 fully saturated rings. The average molecular weight is 527 g/mol. The van der Waals surface area contributed by atoms with Crippen molar-refractivity contribution in [2.75, 3.05) is 13.1 Å². The lowest BCUT2D eigenvalue weighted by Crippen LogP contribution is -2.54. The molecule has 3 aliphatic rings. The standard InChI is InChI=1S/C27H34N4O5S/c1-26(2,3)36-25(35)31-13-15-19(27(15,4)5)20(31)23(34)29-17(12-14-10-11-28-22(14)33)21(32)24-30-16-8-6-7-9-18(16)37-24/h6-9,14-15,17,19-20H,10-13H2,1-5H3,(H,28,33)(H,29,34)/t14-,15-,17-,19-,20-/m0/s1. The highest BCUT2D eigenvalue weighted by atomic mass is 32.1. The Labute approximate surface area is 220 Å². The summed E-state index contributed by atoms with van der Waals surface area (Å²) in [5.74, 6) is -1.03. The maximum atomic E-state index is 13.8. The molecule has 2 N–H and O–H groups in total. The first-order valence-electron chi connectivity index (χ1n) is 12.8. The zero-order valence-corrected chi connectivity index (χ0v) is 22.7. The van der Waals surface area contributed by atoms with Gasteiger partial charge in [0, 0.05) is 19.0 Å². The Morgan fingerprint density at radius 3 is 2.65 bits per heavy atom. The van der Waals surface area contributed by atoms with E-state index in [1.54, 1.807) is 20.8 Å². The third-order valence-electron chi connectivity index (χ3n) is 7.93. The number of hydrogen-bond donors (Lipinski definition) is 2. The van der Waals surface area contributed by atoms with E-state index in [1.165, 1.54) is 16.2 Å². The molecule has 5 atom stereocenters. The molecular formula is C27H34N4O5S. The molecule has 1 aromatic heterocycles. The van der Waals surface area contributed by atoms with E-state index >= 15 is 0 Å². The topological polar surface area (TPSA) is 118 Å². The van der Waals surface area contributed by atoms with Crippen LogP contribution in [0.2, 0.25) is 0 Å². The summed E-state index contributed by atoms with van der Waals surface area (Å²) in [5.41, 5.74) is -0.0611. The lowest BCUT2D eigenvalue weighted by atomic mass is 9.95. The normalized spacial score (nSPS) is 26.9. The number of carbonyl (C=O) groups is 4. The molecule has 9 nitrogen and oxygen atoms in total. The second-order valence-corrected chi connectivity index (χ2v) is 13.0. The van der Waals surface area contributed by atoms with E-state index in [1.807, 2.05) is 24.3 Å². The lowest BCUT2D eigenvalue weighted by molar-refractivity contribution is -0.128. The largest absolute Gasteiger partial charge is 0.444 e. The van der Waals surface area contributed by atoms with E-state index in [9.17, 15) is 19.2 Å². The second-order valence-electron chi connectivity index (χ2n) is 12.0. The number of ketones is 1. The van der Waals surface area contributed by atoms with E-state index < -0.39 is 23.8 Å². The van der Waals surface area contributed by atoms with Crippen molar-refractivity contribution in [1.82, 2.24) is 20.5 Å². The minimum absolute atomic E-state index is 0.0204. The number of rotatable bonds is 6. The number of thiazole rings is 1. The monoisotopic (exact) mass is 526 g/mol. The first-order chi connectivity index (χ1) is 17.4. The number of amides is 3. The predicted octanol–water partition coefficient (Wildman–Crippen LogP) is 3.38. The number of Topliss-reactive ketones (excluding diaryl/α,β-unsaturated/α-hetero) is 1. The molecule has 2 aliphatic heterocycles. The van der Waals surface area contributed by atoms with Gasteiger partial charge in [-0.15, -0.1) is 11.3 Å². The summed E-state index contributed by atoms with van der Waals surface area (Å²) in [6.07, 6.45) is 0.256. The van der Waals surface area contributed by atoms with Gasteiger partial charge in [0.05, 0.1) is 16.3 Å². The highest BCUT2D eigenvalue weighted by molar-refractivity contribution is 7.20. The molecule has 37 heavy (non-hydrogen) atoms. The molecular weight excluding hydrogens is 492 g/mol. The molecule has 10 heteroatoms. The van der Waals surface area contributed by atoms with E-state index in [0.29, 0.717) is 30.0 Å². The summed E-state index contributed by atoms with van der Waals surface area (Å²) in [4.78, 5) is 58.8. The number of ether oxygens (including phenoxy) is 1. The zero-order chi connectivity index (χ0) is 26.7. The van der Waals surface area contributed by atoms with Gasteiger partial charge in [0.25, 0.3) is 0 Å². The SMILES string of the molecule is CC(C)(C)OC(=O)N1C[C@H]2[C@@H]([C@H]1C(=O)N[C@@H](C[C@@H]1CCNC1=O)C(=O)c1nc3ccccc3s1)C2(C)C. The van der Waals surface area contributed by atoms with Crippen molar-refractivity contribution in [2.45, 2.75) is 65.1 Å². The van der Waals surface area contributed by atoms with E-state index in [-0.39, 0.29) is 47.2 Å². The van der Waals surface area contributed by atoms with Gasteiger partial charge in [-0.1, -0.05) is 26.0 Å². The molecule has 198 valence electrons. The molecule has 3 amide bonds. The molecule has 1 aromatic carbocycles. The second kappa shape index (κ2) is 9.08. The van der Waals surface area contributed by atoms with E-state index in [4.69, 9.17) is 4.74 Å². The van der Waals surface area contributed by atoms with Gasteiger partial charge in [0.2, 0.25) is 17.6 Å². The number of nitrogens with zero attached hydrogens (tertiary/aromatic N) is 2. The van der Waals surface area contributed by atoms with E-state index in [2.05, 4.69) is 29.5 Å². The van der Waals surface area contributed by atoms with Gasteiger partial charge in [0.15, 0.2) is 5.01 Å². The molecule has 3 heterocycles. The van der Waals surface area contributed by atoms with Crippen molar-refractivity contribution in [3.05, 3.63) is 29.3 Å². The minimum atomic E-state index is -0.927. The number of benzene rings is 1. The number of hydrogen-bond acceptors (Lipinski definition) is 7. The first-order valence-corrected chi connectivity index (χ1v) is 13.7. The summed E-state index contributed by atoms with van der Waals surface area (Å²) >= 11 is 1.28. The van der Waals surface area contributed by atoms with Crippen LogP contribution in [0.1, 0.15) is 57.3 Å². The third kappa shape index (κ3) is 4.83. The van der Waals surface area contributed by atoms with Crippen LogP contribution >= 0.6 is 11.3 Å². The Hall–Kier alpha value is -3.01. The fraction of sp³-hybridized carbons (Fsp3) is 0.593. The van der Waals surface area contributed by atoms with Gasteiger partial charge in [-0.2, -0.15) is 0 Å². The summed E-state index contributed by atoms with van der Waals surface area (Å²) in [6, 6.07) is 5.82. The van der Waals surface area contributed by atoms with E-state index in [0.717, 1.165) is 4.70 Å². The van der Waals surface area contributed by atoms with Gasteiger partial charge in [0.1, 0.15) is 11.6 Å². The van der Waals surface area contributed by atoms with Crippen molar-refractivity contribution in [3.63, 3.8) is 0 Å². The molecule has 2 aromatic rings. The summed E-state index contributed by atoms with van der Waals surface area (Å²) < 4.78 is 6.47. The van der Waals surface area contributed by atoms with Crippen molar-refractivity contribution in [1.29, 1.82) is 0 Å². The highest BCUT2D eigenvalue weighted by Gasteiger charge is 2.70. The molecule has 2 saturated heterocycles. The van der Waals surface area contributed by atoms with Crippen LogP contribution in [-0.4, -0.2) is 64.3 Å². The number of aromatic nitrogens is 1. The number of nitrogens with one attached hydrogen (secondary N) is 2. The zero-order valence-electron chi connectivity index (χ0n) is 21.9. The van der Waals surface area contributed by atoms with Crippen LogP contribution in [0.15, 0.2) is 24.3 Å². The first kappa shape index (κ1) is 25.6. The Bertz CT molecular complexity index is 1230. The fourth-order valence-corrected chi connectivity index (χ4v) is 6.82. The predicted molar refractivity (Wildman–Crippen MR) is 139 cm³/mol. The molecule has 0 radical (unpaired) electrons. The van der Waals surface area contributed by atoms with Crippen molar-refractivity contribution < 1.29 is 23.9 Å². The van der Waals surface area contributed by atoms with Crippen LogP contribution in [0.5, 0.6) is 0 Å². The third-order valence-corrected chi connectivity index (χ3v) is 8.98. The average Bonchev–Trinajstić information content (AvgIpc) is 3.33. The number of para-hydroxylation sites is 1. The Morgan fingerprint density at radius 2 is 2.00 bits per heavy atom. The summed E-state index contributed by atoms with van der Waals surface area (Å²) in [6.45, 7) is 10.6. The molecule has 1 aliphatic carbocycles. The maximum Gasteiger partial charge on any atom is 0.410 e. The molecule has 1 saturated carbocycles. The van der Waals surface area contributed by atoms with Gasteiger partial charge in [-0.3, -0.25) is 19.3 Å². The Balaban J connectivity index is 1.41. The molecule has 0 spiro atoms. The van der Waals surface area contributed by atoms with Gasteiger partial charge in [-0.25, -0.2) is 9.78 Å².